The quantitative estimate of drug-likeness (QED) is 0.665. The minimum atomic E-state index is -4.10. The van der Waals surface area contributed by atoms with Gasteiger partial charge in [0.25, 0.3) is 15.9 Å². The van der Waals surface area contributed by atoms with E-state index in [1.54, 1.807) is 31.2 Å². The van der Waals surface area contributed by atoms with Crippen LogP contribution >= 0.6 is 0 Å². The van der Waals surface area contributed by atoms with Crippen molar-refractivity contribution in [2.45, 2.75) is 11.4 Å². The number of sulfonamides is 1. The number of rotatable bonds is 6. The SMILES string of the molecule is CN(Cc1cnn(C)c1)C(=O)c1ccc(NS(=O)(=O)c2ccc(F)c(F)c2)cc1. The van der Waals surface area contributed by atoms with Crippen molar-refractivity contribution in [3.63, 3.8) is 0 Å². The molecule has 1 amide bonds. The Morgan fingerprint density at radius 3 is 2.41 bits per heavy atom. The maximum Gasteiger partial charge on any atom is 0.261 e. The number of nitrogens with one attached hydrogen (secondary N) is 1. The van der Waals surface area contributed by atoms with Gasteiger partial charge in [-0.25, -0.2) is 17.2 Å². The third-order valence-corrected chi connectivity index (χ3v) is 5.49. The van der Waals surface area contributed by atoms with Gasteiger partial charge in [0.1, 0.15) is 0 Å². The summed E-state index contributed by atoms with van der Waals surface area (Å²) < 4.78 is 54.9. The highest BCUT2D eigenvalue weighted by Gasteiger charge is 2.18. The number of nitrogens with zero attached hydrogens (tertiary/aromatic N) is 3. The largest absolute Gasteiger partial charge is 0.337 e. The van der Waals surface area contributed by atoms with Gasteiger partial charge in [-0.15, -0.1) is 0 Å². The fraction of sp³-hybridized carbons (Fsp3) is 0.158. The molecule has 3 aromatic rings. The Labute approximate surface area is 166 Å². The van der Waals surface area contributed by atoms with E-state index in [-0.39, 0.29) is 11.6 Å². The van der Waals surface area contributed by atoms with E-state index in [1.165, 1.54) is 29.2 Å². The van der Waals surface area contributed by atoms with Crippen molar-refractivity contribution in [3.05, 3.63) is 77.6 Å². The number of carbonyl (C=O) groups is 1. The first-order chi connectivity index (χ1) is 13.7. The van der Waals surface area contributed by atoms with Crippen LogP contribution in [0, 0.1) is 11.6 Å². The number of hydrogen-bond acceptors (Lipinski definition) is 4. The predicted octanol–water partition coefficient (Wildman–Crippen LogP) is 2.77. The number of amides is 1. The van der Waals surface area contributed by atoms with E-state index in [2.05, 4.69) is 9.82 Å². The summed E-state index contributed by atoms with van der Waals surface area (Å²) in [6, 6.07) is 8.10. The minimum absolute atomic E-state index is 0.182. The second-order valence-electron chi connectivity index (χ2n) is 6.44. The van der Waals surface area contributed by atoms with Gasteiger partial charge < -0.3 is 4.90 Å². The molecule has 0 fully saturated rings. The number of aromatic nitrogens is 2. The second-order valence-corrected chi connectivity index (χ2v) is 8.12. The standard InChI is InChI=1S/C19H18F2N4O3S/c1-24(11-13-10-22-25(2)12-13)19(26)14-3-5-15(6-4-14)23-29(27,28)16-7-8-17(20)18(21)9-16/h3-10,12,23H,11H2,1-2H3. The molecule has 1 aromatic heterocycles. The first-order valence-electron chi connectivity index (χ1n) is 8.46. The van der Waals surface area contributed by atoms with Gasteiger partial charge in [0, 0.05) is 43.7 Å². The Hall–Kier alpha value is -3.27. The molecule has 10 heteroatoms. The monoisotopic (exact) mass is 420 g/mol. The van der Waals surface area contributed by atoms with Crippen LogP contribution < -0.4 is 4.72 Å². The minimum Gasteiger partial charge on any atom is -0.337 e. The topological polar surface area (TPSA) is 84.3 Å². The zero-order chi connectivity index (χ0) is 21.2. The molecule has 1 heterocycles. The van der Waals surface area contributed by atoms with Crippen LogP contribution in [0.3, 0.4) is 0 Å². The first kappa shape index (κ1) is 20.5. The van der Waals surface area contributed by atoms with Crippen molar-refractivity contribution in [1.82, 2.24) is 14.7 Å². The molecular formula is C19H18F2N4O3S. The maximum absolute atomic E-state index is 13.3. The molecule has 0 aliphatic carbocycles. The van der Waals surface area contributed by atoms with Crippen molar-refractivity contribution in [3.8, 4) is 0 Å². The van der Waals surface area contributed by atoms with Crippen molar-refractivity contribution in [1.29, 1.82) is 0 Å². The summed E-state index contributed by atoms with van der Waals surface area (Å²) in [6.45, 7) is 0.372. The molecule has 0 aliphatic heterocycles. The molecular weight excluding hydrogens is 402 g/mol. The van der Waals surface area contributed by atoms with E-state index >= 15 is 0 Å². The molecule has 1 N–H and O–H groups in total. The van der Waals surface area contributed by atoms with Gasteiger partial charge >= 0.3 is 0 Å². The molecule has 3 rings (SSSR count). The summed E-state index contributed by atoms with van der Waals surface area (Å²) >= 11 is 0. The van der Waals surface area contributed by atoms with Crippen molar-refractivity contribution < 1.29 is 22.0 Å². The summed E-state index contributed by atoms with van der Waals surface area (Å²) in [4.78, 5) is 13.6. The van der Waals surface area contributed by atoms with Crippen LogP contribution in [-0.2, 0) is 23.6 Å². The first-order valence-corrected chi connectivity index (χ1v) is 9.95. The summed E-state index contributed by atoms with van der Waals surface area (Å²) in [5.41, 5.74) is 1.42. The number of anilines is 1. The van der Waals surface area contributed by atoms with Crippen molar-refractivity contribution in [2.24, 2.45) is 7.05 Å². The van der Waals surface area contributed by atoms with Gasteiger partial charge in [0.05, 0.1) is 11.1 Å². The molecule has 0 atom stereocenters. The summed E-state index contributed by atoms with van der Waals surface area (Å²) in [5, 5.41) is 4.05. The van der Waals surface area contributed by atoms with Crippen LogP contribution in [-0.4, -0.2) is 36.1 Å². The fourth-order valence-electron chi connectivity index (χ4n) is 2.66. The average molecular weight is 420 g/mol. The lowest BCUT2D eigenvalue weighted by molar-refractivity contribution is 0.0785. The van der Waals surface area contributed by atoms with E-state index in [1.807, 2.05) is 0 Å². The molecule has 0 saturated carbocycles. The smallest absolute Gasteiger partial charge is 0.261 e. The number of carbonyl (C=O) groups excluding carboxylic acids is 1. The third kappa shape index (κ3) is 4.77. The van der Waals surface area contributed by atoms with E-state index in [0.29, 0.717) is 18.2 Å². The van der Waals surface area contributed by atoms with Crippen LogP contribution in [0.2, 0.25) is 0 Å². The van der Waals surface area contributed by atoms with E-state index < -0.39 is 26.6 Å². The number of hydrogen-bond donors (Lipinski definition) is 1. The van der Waals surface area contributed by atoms with Crippen LogP contribution in [0.1, 0.15) is 15.9 Å². The normalized spacial score (nSPS) is 11.3. The van der Waals surface area contributed by atoms with Gasteiger partial charge in [-0.05, 0) is 42.5 Å². The lowest BCUT2D eigenvalue weighted by atomic mass is 10.2. The van der Waals surface area contributed by atoms with E-state index in [4.69, 9.17) is 0 Å². The van der Waals surface area contributed by atoms with E-state index in [9.17, 15) is 22.0 Å². The molecule has 0 saturated heterocycles. The Kier molecular flexibility index (Phi) is 5.64. The fourth-order valence-corrected chi connectivity index (χ4v) is 3.73. The van der Waals surface area contributed by atoms with Gasteiger partial charge in [0.2, 0.25) is 0 Å². The summed E-state index contributed by atoms with van der Waals surface area (Å²) in [6.07, 6.45) is 3.47. The lowest BCUT2D eigenvalue weighted by Crippen LogP contribution is -2.26. The molecule has 0 radical (unpaired) electrons. The highest BCUT2D eigenvalue weighted by Crippen LogP contribution is 2.19. The Bertz CT molecular complexity index is 1140. The van der Waals surface area contributed by atoms with Gasteiger partial charge in [-0.3, -0.25) is 14.2 Å². The van der Waals surface area contributed by atoms with Gasteiger partial charge in [-0.1, -0.05) is 0 Å². The Morgan fingerprint density at radius 1 is 1.14 bits per heavy atom. The molecule has 0 bridgehead atoms. The lowest BCUT2D eigenvalue weighted by Gasteiger charge is -2.16. The molecule has 152 valence electrons. The molecule has 0 spiro atoms. The number of aryl methyl sites for hydroxylation is 1. The maximum atomic E-state index is 13.3. The van der Waals surface area contributed by atoms with Gasteiger partial charge in [0.15, 0.2) is 11.6 Å². The molecule has 7 nitrogen and oxygen atoms in total. The summed E-state index contributed by atoms with van der Waals surface area (Å²) in [7, 11) is -0.671. The highest BCUT2D eigenvalue weighted by atomic mass is 32.2. The summed E-state index contributed by atoms with van der Waals surface area (Å²) in [5.74, 6) is -2.64. The average Bonchev–Trinajstić information content (AvgIpc) is 3.08. The molecule has 2 aromatic carbocycles. The number of benzene rings is 2. The molecule has 0 unspecified atom stereocenters. The Balaban J connectivity index is 1.70. The van der Waals surface area contributed by atoms with Crippen LogP contribution in [0.25, 0.3) is 0 Å². The molecule has 0 aliphatic rings. The highest BCUT2D eigenvalue weighted by molar-refractivity contribution is 7.92. The van der Waals surface area contributed by atoms with Crippen molar-refractivity contribution >= 4 is 21.6 Å². The second kappa shape index (κ2) is 8.00. The van der Waals surface area contributed by atoms with Gasteiger partial charge in [-0.2, -0.15) is 5.10 Å². The predicted molar refractivity (Wildman–Crippen MR) is 103 cm³/mol. The van der Waals surface area contributed by atoms with Crippen LogP contribution in [0.5, 0.6) is 0 Å². The van der Waals surface area contributed by atoms with E-state index in [0.717, 1.165) is 17.7 Å². The Morgan fingerprint density at radius 2 is 1.83 bits per heavy atom. The zero-order valence-electron chi connectivity index (χ0n) is 15.6. The van der Waals surface area contributed by atoms with Crippen LogP contribution in [0.15, 0.2) is 59.8 Å². The zero-order valence-corrected chi connectivity index (χ0v) is 16.5. The third-order valence-electron chi connectivity index (χ3n) is 4.11. The number of halogens is 2. The molecule has 29 heavy (non-hydrogen) atoms. The van der Waals surface area contributed by atoms with Crippen LogP contribution in [0.4, 0.5) is 14.5 Å². The van der Waals surface area contributed by atoms with Crippen molar-refractivity contribution in [2.75, 3.05) is 11.8 Å².